The molecule has 0 radical (unpaired) electrons. The van der Waals surface area contributed by atoms with Crippen molar-refractivity contribution >= 4 is 0 Å². The molecule has 0 aliphatic rings. The Morgan fingerprint density at radius 2 is 1.23 bits per heavy atom. The van der Waals surface area contributed by atoms with E-state index in [9.17, 15) is 13.2 Å². The van der Waals surface area contributed by atoms with Crippen LogP contribution in [0, 0.1) is 0 Å². The van der Waals surface area contributed by atoms with Gasteiger partial charge in [0.15, 0.2) is 0 Å². The minimum absolute atomic E-state index is 0.0235. The Bertz CT molecular complexity index is 598. The lowest BCUT2D eigenvalue weighted by atomic mass is 9.92. The molecular formula is C18H19F3O. The Kier molecular flexibility index (Phi) is 4.79. The van der Waals surface area contributed by atoms with Crippen molar-refractivity contribution < 1.29 is 17.9 Å². The lowest BCUT2D eigenvalue weighted by Gasteiger charge is -2.15. The first-order valence-electron chi connectivity index (χ1n) is 7.21. The van der Waals surface area contributed by atoms with Gasteiger partial charge in [-0.15, -0.1) is 0 Å². The molecule has 22 heavy (non-hydrogen) atoms. The van der Waals surface area contributed by atoms with E-state index in [1.807, 2.05) is 45.0 Å². The number of hydrogen-bond donors (Lipinski definition) is 0. The van der Waals surface area contributed by atoms with E-state index >= 15 is 0 Å². The zero-order valence-corrected chi connectivity index (χ0v) is 12.8. The molecule has 1 nitrogen and oxygen atoms in total. The van der Waals surface area contributed by atoms with Crippen LogP contribution in [0.4, 0.5) is 13.2 Å². The average Bonchev–Trinajstić information content (AvgIpc) is 2.46. The van der Waals surface area contributed by atoms with Crippen LogP contribution in [-0.4, -0.2) is 6.10 Å². The highest BCUT2D eigenvalue weighted by Gasteiger charge is 2.30. The molecule has 0 amide bonds. The van der Waals surface area contributed by atoms with Crippen LogP contribution in [0.25, 0.3) is 0 Å². The molecule has 1 atom stereocenters. The Morgan fingerprint density at radius 3 is 1.64 bits per heavy atom. The number of halogens is 3. The highest BCUT2D eigenvalue weighted by molar-refractivity contribution is 5.36. The van der Waals surface area contributed by atoms with Crippen LogP contribution in [0.3, 0.4) is 0 Å². The summed E-state index contributed by atoms with van der Waals surface area (Å²) in [5.74, 6) is 0.814. The largest absolute Gasteiger partial charge is 0.491 e. The summed E-state index contributed by atoms with van der Waals surface area (Å²) in [5.41, 5.74) is 1.27. The van der Waals surface area contributed by atoms with Crippen LogP contribution in [0.1, 0.15) is 43.4 Å². The van der Waals surface area contributed by atoms with Crippen LogP contribution < -0.4 is 4.74 Å². The standard InChI is InChI=1S/C18H19F3O/c1-12(2)22-17-10-6-15(7-11-17)13(3)14-4-8-16(9-5-14)18(19,20)21/h4-13H,1-3H3. The summed E-state index contributed by atoms with van der Waals surface area (Å²) in [6, 6.07) is 13.0. The molecule has 0 saturated heterocycles. The maximum atomic E-state index is 12.6. The van der Waals surface area contributed by atoms with E-state index in [4.69, 9.17) is 4.74 Å². The summed E-state index contributed by atoms with van der Waals surface area (Å²) < 4.78 is 43.3. The molecule has 0 aliphatic heterocycles. The summed E-state index contributed by atoms with van der Waals surface area (Å²) in [6.45, 7) is 5.89. The van der Waals surface area contributed by atoms with Gasteiger partial charge in [0, 0.05) is 5.92 Å². The molecule has 0 bridgehead atoms. The predicted molar refractivity (Wildman–Crippen MR) is 81.2 cm³/mol. The molecule has 4 heteroatoms. The first-order chi connectivity index (χ1) is 10.3. The van der Waals surface area contributed by atoms with Crippen molar-refractivity contribution in [3.05, 3.63) is 65.2 Å². The minimum Gasteiger partial charge on any atom is -0.491 e. The van der Waals surface area contributed by atoms with Gasteiger partial charge < -0.3 is 4.74 Å². The summed E-state index contributed by atoms with van der Waals surface area (Å²) in [4.78, 5) is 0. The van der Waals surface area contributed by atoms with Gasteiger partial charge >= 0.3 is 6.18 Å². The normalized spacial score (nSPS) is 13.2. The maximum Gasteiger partial charge on any atom is 0.416 e. The quantitative estimate of drug-likeness (QED) is 0.709. The number of hydrogen-bond acceptors (Lipinski definition) is 1. The van der Waals surface area contributed by atoms with Gasteiger partial charge in [-0.25, -0.2) is 0 Å². The van der Waals surface area contributed by atoms with E-state index in [2.05, 4.69) is 0 Å². The number of rotatable bonds is 4. The van der Waals surface area contributed by atoms with Gasteiger partial charge in [-0.1, -0.05) is 31.2 Å². The van der Waals surface area contributed by atoms with Gasteiger partial charge in [0.1, 0.15) is 5.75 Å². The molecule has 0 fully saturated rings. The van der Waals surface area contributed by atoms with Crippen molar-refractivity contribution in [1.29, 1.82) is 0 Å². The first kappa shape index (κ1) is 16.4. The van der Waals surface area contributed by atoms with Crippen LogP contribution in [0.2, 0.25) is 0 Å². The van der Waals surface area contributed by atoms with Crippen molar-refractivity contribution in [2.75, 3.05) is 0 Å². The van der Waals surface area contributed by atoms with Crippen molar-refractivity contribution in [3.8, 4) is 5.75 Å². The first-order valence-corrected chi connectivity index (χ1v) is 7.21. The number of ether oxygens (including phenoxy) is 1. The number of benzene rings is 2. The molecule has 2 aromatic rings. The van der Waals surface area contributed by atoms with E-state index in [1.54, 1.807) is 0 Å². The third kappa shape index (κ3) is 4.03. The molecule has 0 saturated carbocycles. The third-order valence-corrected chi connectivity index (χ3v) is 3.49. The minimum atomic E-state index is -4.29. The van der Waals surface area contributed by atoms with E-state index in [1.165, 1.54) is 12.1 Å². The highest BCUT2D eigenvalue weighted by Crippen LogP contribution is 2.32. The molecule has 1 unspecified atom stereocenters. The van der Waals surface area contributed by atoms with Gasteiger partial charge in [0.25, 0.3) is 0 Å². The summed E-state index contributed by atoms with van der Waals surface area (Å²) >= 11 is 0. The van der Waals surface area contributed by atoms with Gasteiger partial charge in [0.2, 0.25) is 0 Å². The van der Waals surface area contributed by atoms with Crippen LogP contribution in [0.5, 0.6) is 5.75 Å². The molecule has 0 aromatic heterocycles. The average molecular weight is 308 g/mol. The summed E-state index contributed by atoms with van der Waals surface area (Å²) in [5, 5.41) is 0. The second-order valence-electron chi connectivity index (χ2n) is 5.58. The fourth-order valence-corrected chi connectivity index (χ4v) is 2.26. The second kappa shape index (κ2) is 6.42. The smallest absolute Gasteiger partial charge is 0.416 e. The topological polar surface area (TPSA) is 9.23 Å². The molecule has 2 rings (SSSR count). The van der Waals surface area contributed by atoms with E-state index in [0.717, 1.165) is 29.0 Å². The van der Waals surface area contributed by atoms with Crippen LogP contribution in [-0.2, 0) is 6.18 Å². The second-order valence-corrected chi connectivity index (χ2v) is 5.58. The number of alkyl halides is 3. The Morgan fingerprint density at radius 1 is 0.773 bits per heavy atom. The molecule has 0 N–H and O–H groups in total. The van der Waals surface area contributed by atoms with Crippen molar-refractivity contribution in [3.63, 3.8) is 0 Å². The molecule has 0 spiro atoms. The fraction of sp³-hybridized carbons (Fsp3) is 0.333. The van der Waals surface area contributed by atoms with Crippen molar-refractivity contribution in [2.45, 2.75) is 39.0 Å². The molecule has 2 aromatic carbocycles. The lowest BCUT2D eigenvalue weighted by molar-refractivity contribution is -0.137. The molecule has 0 heterocycles. The van der Waals surface area contributed by atoms with Crippen LogP contribution >= 0.6 is 0 Å². The maximum absolute atomic E-state index is 12.6. The fourth-order valence-electron chi connectivity index (χ4n) is 2.26. The third-order valence-electron chi connectivity index (χ3n) is 3.49. The Labute approximate surface area is 128 Å². The molecule has 118 valence electrons. The predicted octanol–water partition coefficient (Wildman–Crippen LogP) is 5.64. The Balaban J connectivity index is 2.15. The molecular weight excluding hydrogens is 289 g/mol. The highest BCUT2D eigenvalue weighted by atomic mass is 19.4. The van der Waals surface area contributed by atoms with Crippen molar-refractivity contribution in [1.82, 2.24) is 0 Å². The zero-order valence-electron chi connectivity index (χ0n) is 12.8. The summed E-state index contributed by atoms with van der Waals surface area (Å²) in [6.07, 6.45) is -4.18. The van der Waals surface area contributed by atoms with Crippen molar-refractivity contribution in [2.24, 2.45) is 0 Å². The van der Waals surface area contributed by atoms with E-state index in [-0.39, 0.29) is 12.0 Å². The molecule has 0 aliphatic carbocycles. The monoisotopic (exact) mass is 308 g/mol. The lowest BCUT2D eigenvalue weighted by Crippen LogP contribution is -2.06. The SMILES string of the molecule is CC(C)Oc1ccc(C(C)c2ccc(C(F)(F)F)cc2)cc1. The van der Waals surface area contributed by atoms with E-state index in [0.29, 0.717) is 0 Å². The van der Waals surface area contributed by atoms with Crippen LogP contribution in [0.15, 0.2) is 48.5 Å². The van der Waals surface area contributed by atoms with E-state index < -0.39 is 11.7 Å². The van der Waals surface area contributed by atoms with Gasteiger partial charge in [-0.3, -0.25) is 0 Å². The Hall–Kier alpha value is -1.97. The van der Waals surface area contributed by atoms with Gasteiger partial charge in [0.05, 0.1) is 11.7 Å². The van der Waals surface area contributed by atoms with Gasteiger partial charge in [-0.2, -0.15) is 13.2 Å². The van der Waals surface area contributed by atoms with Gasteiger partial charge in [-0.05, 0) is 49.2 Å². The zero-order chi connectivity index (χ0) is 16.3. The summed E-state index contributed by atoms with van der Waals surface area (Å²) in [7, 11) is 0.